The molecule has 0 fully saturated rings. The van der Waals surface area contributed by atoms with Gasteiger partial charge in [-0.15, -0.1) is 11.6 Å². The number of nitrogens with zero attached hydrogens (tertiary/aromatic N) is 4. The Hall–Kier alpha value is -2.27. The van der Waals surface area contributed by atoms with Crippen LogP contribution in [0.3, 0.4) is 0 Å². The van der Waals surface area contributed by atoms with E-state index < -0.39 is 29.6 Å². The minimum atomic E-state index is -0.852. The lowest BCUT2D eigenvalue weighted by atomic mass is 11.0. The minimum absolute atomic E-state index is 0.179. The van der Waals surface area contributed by atoms with Crippen molar-refractivity contribution >= 4 is 11.6 Å². The van der Waals surface area contributed by atoms with Crippen LogP contribution < -0.4 is 22.9 Å². The lowest BCUT2D eigenvalue weighted by molar-refractivity contribution is 0.195. The van der Waals surface area contributed by atoms with Crippen molar-refractivity contribution in [1.29, 1.82) is 0 Å². The van der Waals surface area contributed by atoms with Gasteiger partial charge >= 0.3 is 22.9 Å². The van der Waals surface area contributed by atoms with Gasteiger partial charge in [0, 0.05) is 0 Å². The number of aromatic nitrogens is 4. The maximum absolute atomic E-state index is 10.8. The highest BCUT2D eigenvalue weighted by molar-refractivity contribution is 6.15. The molecule has 0 spiro atoms. The summed E-state index contributed by atoms with van der Waals surface area (Å²) in [4.78, 5) is 42.6. The molecule has 2 rings (SSSR count). The highest BCUT2D eigenvalue weighted by Gasteiger charge is 2.05. The fraction of sp³-hybridized carbons (Fsp3) is 0.500. The summed E-state index contributed by atoms with van der Waals surface area (Å²) < 4.78 is 11.6. The number of aliphatic hydroxyl groups is 1. The van der Waals surface area contributed by atoms with Crippen LogP contribution in [-0.4, -0.2) is 23.7 Å². The molecule has 0 radical (unpaired) electrons. The predicted molar refractivity (Wildman–Crippen MR) is 64.5 cm³/mol. The summed E-state index contributed by atoms with van der Waals surface area (Å²) >= 11 is 5.24. The fourth-order valence-electron chi connectivity index (χ4n) is 1.13. The smallest absolute Gasteiger partial charge is 0.376 e. The number of hydrogen-bond donors (Lipinski definition) is 1. The summed E-state index contributed by atoms with van der Waals surface area (Å²) in [5, 5.41) is 8.40. The molecule has 20 heavy (non-hydrogen) atoms. The molecular formula is C8H11ClN4O7. The molecule has 0 aliphatic heterocycles. The Morgan fingerprint density at radius 2 is 1.35 bits per heavy atom. The molecule has 0 saturated heterocycles. The Morgan fingerprint density at radius 1 is 0.950 bits per heavy atom. The van der Waals surface area contributed by atoms with Gasteiger partial charge in [-0.25, -0.2) is 28.3 Å². The molecule has 0 aliphatic carbocycles. The molecule has 0 aromatic carbocycles. The zero-order valence-corrected chi connectivity index (χ0v) is 11.2. The first-order valence-corrected chi connectivity index (χ1v) is 5.58. The number of rotatable bonds is 2. The molecule has 2 aromatic rings. The van der Waals surface area contributed by atoms with E-state index in [0.29, 0.717) is 4.57 Å². The highest BCUT2D eigenvalue weighted by Crippen LogP contribution is 1.77. The summed E-state index contributed by atoms with van der Waals surface area (Å²) in [6.07, 6.45) is 0. The molecule has 0 aliphatic rings. The van der Waals surface area contributed by atoms with Crippen molar-refractivity contribution in [2.24, 2.45) is 14.1 Å². The third kappa shape index (κ3) is 3.00. The van der Waals surface area contributed by atoms with E-state index in [1.54, 1.807) is 0 Å². The van der Waals surface area contributed by atoms with E-state index in [-0.39, 0.29) is 6.00 Å². The molecule has 2 aromatic heterocycles. The lowest BCUT2D eigenvalue weighted by Crippen LogP contribution is -2.27. The van der Waals surface area contributed by atoms with E-state index in [0.717, 1.165) is 14.0 Å². The average Bonchev–Trinajstić information content (AvgIpc) is 2.77. The maximum Gasteiger partial charge on any atom is 0.444 e. The summed E-state index contributed by atoms with van der Waals surface area (Å²) in [5.41, 5.74) is -1.20. The molecule has 0 saturated carbocycles. The van der Waals surface area contributed by atoms with Crippen LogP contribution in [0.15, 0.2) is 28.2 Å². The van der Waals surface area contributed by atoms with Crippen LogP contribution in [-0.2, 0) is 26.8 Å². The minimum Gasteiger partial charge on any atom is -0.376 e. The zero-order chi connectivity index (χ0) is 15.4. The molecule has 0 amide bonds. The second kappa shape index (κ2) is 6.25. The number of hydrogen-bond acceptors (Lipinski definition) is 7. The SMILES string of the molecule is Cn1oc(=O)n(CCl)c1=O.Cn1oc(=O)n(CO)c1=O. The fourth-order valence-corrected chi connectivity index (χ4v) is 1.33. The van der Waals surface area contributed by atoms with Crippen molar-refractivity contribution in [1.82, 2.24) is 18.6 Å². The molecule has 0 bridgehead atoms. The van der Waals surface area contributed by atoms with Gasteiger partial charge in [0.25, 0.3) is 0 Å². The van der Waals surface area contributed by atoms with Crippen LogP contribution in [0.4, 0.5) is 0 Å². The largest absolute Gasteiger partial charge is 0.444 e. The van der Waals surface area contributed by atoms with Crippen LogP contribution in [0.25, 0.3) is 0 Å². The lowest BCUT2D eigenvalue weighted by Gasteiger charge is -1.83. The predicted octanol–water partition coefficient (Wildman–Crippen LogP) is -2.57. The second-order valence-corrected chi connectivity index (χ2v) is 3.63. The Bertz CT molecular complexity index is 732. The molecule has 1 N–H and O–H groups in total. The first-order chi connectivity index (χ1) is 9.33. The quantitative estimate of drug-likeness (QED) is 0.602. The van der Waals surface area contributed by atoms with E-state index >= 15 is 0 Å². The number of aryl methyl sites for hydroxylation is 2. The van der Waals surface area contributed by atoms with Crippen molar-refractivity contribution in [3.05, 3.63) is 42.1 Å². The normalized spacial score (nSPS) is 10.2. The molecule has 11 nitrogen and oxygen atoms in total. The monoisotopic (exact) mass is 310 g/mol. The third-order valence-corrected chi connectivity index (χ3v) is 2.37. The Kier molecular flexibility index (Phi) is 4.94. The van der Waals surface area contributed by atoms with E-state index in [4.69, 9.17) is 16.7 Å². The standard InChI is InChI=1S/C4H5ClN2O3.C4H6N2O4/c1-6-3(8)7(2-5)4(9)10-6;1-5-3(8)6(2-7)4(9)10-5/h2H2,1H3;7H,2H2,1H3. The maximum atomic E-state index is 10.8. The highest BCUT2D eigenvalue weighted by atomic mass is 35.5. The Balaban J connectivity index is 0.000000200. The van der Waals surface area contributed by atoms with Crippen molar-refractivity contribution in [2.75, 3.05) is 0 Å². The van der Waals surface area contributed by atoms with Crippen LogP contribution in [0, 0.1) is 0 Å². The van der Waals surface area contributed by atoms with Crippen LogP contribution in [0.2, 0.25) is 0 Å². The topological polar surface area (TPSA) is 135 Å². The van der Waals surface area contributed by atoms with Gasteiger partial charge in [0.15, 0.2) is 0 Å². The summed E-state index contributed by atoms with van der Waals surface area (Å²) in [5.74, 6) is -1.59. The number of aliphatic hydroxyl groups excluding tert-OH is 1. The van der Waals surface area contributed by atoms with Crippen molar-refractivity contribution in [3.63, 3.8) is 0 Å². The van der Waals surface area contributed by atoms with Gasteiger partial charge in [-0.05, 0) is 0 Å². The van der Waals surface area contributed by atoms with E-state index in [2.05, 4.69) is 9.05 Å². The Morgan fingerprint density at radius 3 is 1.50 bits per heavy atom. The second-order valence-electron chi connectivity index (χ2n) is 3.39. The first-order valence-electron chi connectivity index (χ1n) is 5.04. The molecular weight excluding hydrogens is 300 g/mol. The zero-order valence-electron chi connectivity index (χ0n) is 10.5. The van der Waals surface area contributed by atoms with Gasteiger partial charge in [0.1, 0.15) is 12.7 Å². The third-order valence-electron chi connectivity index (χ3n) is 2.13. The van der Waals surface area contributed by atoms with Crippen LogP contribution in [0.1, 0.15) is 0 Å². The van der Waals surface area contributed by atoms with E-state index in [1.807, 2.05) is 0 Å². The molecule has 2 heterocycles. The average molecular weight is 311 g/mol. The molecule has 0 atom stereocenters. The summed E-state index contributed by atoms with van der Waals surface area (Å²) in [6, 6.07) is -0.179. The number of alkyl halides is 1. The number of halogens is 1. The van der Waals surface area contributed by atoms with E-state index in [9.17, 15) is 19.2 Å². The first kappa shape index (κ1) is 15.8. The Labute approximate surface area is 114 Å². The molecule has 112 valence electrons. The molecule has 0 unspecified atom stereocenters. The van der Waals surface area contributed by atoms with Crippen molar-refractivity contribution in [3.8, 4) is 0 Å². The van der Waals surface area contributed by atoms with Crippen molar-refractivity contribution < 1.29 is 14.2 Å². The van der Waals surface area contributed by atoms with Gasteiger partial charge in [0.2, 0.25) is 0 Å². The molecule has 12 heteroatoms. The summed E-state index contributed by atoms with van der Waals surface area (Å²) in [6.45, 7) is -0.651. The van der Waals surface area contributed by atoms with Crippen LogP contribution >= 0.6 is 11.6 Å². The van der Waals surface area contributed by atoms with Gasteiger partial charge in [-0.2, -0.15) is 9.48 Å². The van der Waals surface area contributed by atoms with Gasteiger partial charge in [-0.1, -0.05) is 0 Å². The van der Waals surface area contributed by atoms with Gasteiger partial charge < -0.3 is 14.2 Å². The van der Waals surface area contributed by atoms with E-state index in [1.165, 1.54) is 14.1 Å². The van der Waals surface area contributed by atoms with Gasteiger partial charge in [-0.3, -0.25) is 0 Å². The summed E-state index contributed by atoms with van der Waals surface area (Å²) in [7, 11) is 2.63. The van der Waals surface area contributed by atoms with Crippen LogP contribution in [0.5, 0.6) is 0 Å². The van der Waals surface area contributed by atoms with Gasteiger partial charge in [0.05, 0.1) is 14.1 Å². The van der Waals surface area contributed by atoms with Crippen molar-refractivity contribution in [2.45, 2.75) is 12.7 Å².